The first-order valence-electron chi connectivity index (χ1n) is 7.68. The zero-order chi connectivity index (χ0) is 12.3. The van der Waals surface area contributed by atoms with E-state index in [1.54, 1.807) is 0 Å². The summed E-state index contributed by atoms with van der Waals surface area (Å²) in [6.07, 6.45) is 6.09. The van der Waals surface area contributed by atoms with Gasteiger partial charge in [-0.3, -0.25) is 0 Å². The Morgan fingerprint density at radius 2 is 1.94 bits per heavy atom. The Hall–Kier alpha value is -0.0800. The van der Waals surface area contributed by atoms with Crippen molar-refractivity contribution in [2.24, 2.45) is 17.8 Å². The molecular formula is C15H30N2. The van der Waals surface area contributed by atoms with Crippen LogP contribution in [-0.4, -0.2) is 37.1 Å². The van der Waals surface area contributed by atoms with Gasteiger partial charge in [0, 0.05) is 12.6 Å². The third kappa shape index (κ3) is 3.45. The molecular weight excluding hydrogens is 208 g/mol. The van der Waals surface area contributed by atoms with Crippen molar-refractivity contribution in [1.29, 1.82) is 0 Å². The molecule has 0 spiro atoms. The lowest BCUT2D eigenvalue weighted by atomic mass is 9.89. The molecule has 4 unspecified atom stereocenters. The van der Waals surface area contributed by atoms with Crippen molar-refractivity contribution in [3.63, 3.8) is 0 Å². The summed E-state index contributed by atoms with van der Waals surface area (Å²) in [4.78, 5) is 2.51. The summed E-state index contributed by atoms with van der Waals surface area (Å²) in [5.74, 6) is 3.14. The molecule has 2 bridgehead atoms. The molecule has 2 nitrogen and oxygen atoms in total. The highest BCUT2D eigenvalue weighted by Gasteiger charge is 2.39. The van der Waals surface area contributed by atoms with Crippen molar-refractivity contribution in [2.75, 3.05) is 26.2 Å². The van der Waals surface area contributed by atoms with E-state index >= 15 is 0 Å². The molecule has 0 radical (unpaired) electrons. The molecule has 2 saturated carbocycles. The van der Waals surface area contributed by atoms with Gasteiger partial charge in [0.05, 0.1) is 0 Å². The Balaban J connectivity index is 1.64. The van der Waals surface area contributed by atoms with Crippen molar-refractivity contribution in [3.05, 3.63) is 0 Å². The Morgan fingerprint density at radius 3 is 2.47 bits per heavy atom. The van der Waals surface area contributed by atoms with Gasteiger partial charge in [-0.1, -0.05) is 20.3 Å². The van der Waals surface area contributed by atoms with E-state index in [2.05, 4.69) is 31.0 Å². The van der Waals surface area contributed by atoms with Gasteiger partial charge < -0.3 is 10.2 Å². The van der Waals surface area contributed by atoms with Crippen LogP contribution in [0.3, 0.4) is 0 Å². The van der Waals surface area contributed by atoms with Crippen LogP contribution >= 0.6 is 0 Å². The maximum absolute atomic E-state index is 3.77. The van der Waals surface area contributed by atoms with Gasteiger partial charge in [0.25, 0.3) is 0 Å². The second kappa shape index (κ2) is 6.19. The second-order valence-corrected chi connectivity index (χ2v) is 6.23. The van der Waals surface area contributed by atoms with Crippen LogP contribution in [0.25, 0.3) is 0 Å². The van der Waals surface area contributed by atoms with E-state index in [1.165, 1.54) is 51.9 Å². The molecule has 0 aromatic rings. The maximum Gasteiger partial charge on any atom is 0.0166 e. The highest BCUT2D eigenvalue weighted by molar-refractivity contribution is 4.91. The van der Waals surface area contributed by atoms with Gasteiger partial charge in [-0.05, 0) is 63.6 Å². The summed E-state index contributed by atoms with van der Waals surface area (Å²) >= 11 is 0. The molecule has 1 N–H and O–H groups in total. The van der Waals surface area contributed by atoms with Crippen LogP contribution in [0.15, 0.2) is 0 Å². The quantitative estimate of drug-likeness (QED) is 0.733. The number of nitrogens with zero attached hydrogens (tertiary/aromatic N) is 1. The zero-order valence-electron chi connectivity index (χ0n) is 11.9. The average Bonchev–Trinajstić information content (AvgIpc) is 2.95. The normalized spacial score (nSPS) is 33.5. The van der Waals surface area contributed by atoms with Gasteiger partial charge >= 0.3 is 0 Å². The fourth-order valence-electron chi connectivity index (χ4n) is 3.91. The number of hydrogen-bond donors (Lipinski definition) is 1. The van der Waals surface area contributed by atoms with Gasteiger partial charge in [0.1, 0.15) is 0 Å². The molecule has 4 atom stereocenters. The van der Waals surface area contributed by atoms with Gasteiger partial charge in [0.2, 0.25) is 0 Å². The van der Waals surface area contributed by atoms with E-state index in [0.29, 0.717) is 6.04 Å². The maximum atomic E-state index is 3.77. The number of hydrogen-bond acceptors (Lipinski definition) is 2. The first-order valence-corrected chi connectivity index (χ1v) is 7.68. The molecule has 2 fully saturated rings. The minimum Gasteiger partial charge on any atom is -0.313 e. The largest absolute Gasteiger partial charge is 0.313 e. The molecule has 0 aromatic heterocycles. The molecule has 17 heavy (non-hydrogen) atoms. The number of fused-ring (bicyclic) bond motifs is 2. The van der Waals surface area contributed by atoms with Crippen LogP contribution in [0.5, 0.6) is 0 Å². The molecule has 0 aliphatic heterocycles. The van der Waals surface area contributed by atoms with Crippen molar-refractivity contribution >= 4 is 0 Å². The van der Waals surface area contributed by atoms with Crippen molar-refractivity contribution in [1.82, 2.24) is 10.2 Å². The topological polar surface area (TPSA) is 15.3 Å². The molecule has 0 amide bonds. The van der Waals surface area contributed by atoms with Crippen LogP contribution in [0.4, 0.5) is 0 Å². The fourth-order valence-corrected chi connectivity index (χ4v) is 3.91. The minimum absolute atomic E-state index is 0.647. The van der Waals surface area contributed by atoms with E-state index in [0.717, 1.165) is 17.8 Å². The van der Waals surface area contributed by atoms with Crippen LogP contribution in [0, 0.1) is 17.8 Å². The monoisotopic (exact) mass is 238 g/mol. The van der Waals surface area contributed by atoms with E-state index in [4.69, 9.17) is 0 Å². The smallest absolute Gasteiger partial charge is 0.0166 e. The van der Waals surface area contributed by atoms with Gasteiger partial charge in [-0.15, -0.1) is 0 Å². The third-order valence-electron chi connectivity index (χ3n) is 5.04. The summed E-state index contributed by atoms with van der Waals surface area (Å²) in [5.41, 5.74) is 0. The lowest BCUT2D eigenvalue weighted by Crippen LogP contribution is -2.41. The summed E-state index contributed by atoms with van der Waals surface area (Å²) in [6.45, 7) is 11.7. The summed E-state index contributed by atoms with van der Waals surface area (Å²) < 4.78 is 0. The number of likely N-dealkylation sites (N-methyl/N-ethyl adjacent to an activating group) is 1. The second-order valence-electron chi connectivity index (χ2n) is 6.23. The van der Waals surface area contributed by atoms with E-state index in [1.807, 2.05) is 0 Å². The number of nitrogens with one attached hydrogen (secondary N) is 1. The number of rotatable bonds is 7. The summed E-state index contributed by atoms with van der Waals surface area (Å²) in [7, 11) is 0. The minimum atomic E-state index is 0.647. The lowest BCUT2D eigenvalue weighted by Gasteiger charge is -2.27. The lowest BCUT2D eigenvalue weighted by molar-refractivity contribution is 0.252. The molecule has 100 valence electrons. The molecule has 2 aliphatic rings. The van der Waals surface area contributed by atoms with Crippen molar-refractivity contribution in [3.8, 4) is 0 Å². The Kier molecular flexibility index (Phi) is 4.87. The van der Waals surface area contributed by atoms with E-state index in [-0.39, 0.29) is 0 Å². The zero-order valence-corrected chi connectivity index (χ0v) is 11.9. The van der Waals surface area contributed by atoms with Gasteiger partial charge in [0.15, 0.2) is 0 Å². The molecule has 0 heterocycles. The molecule has 0 saturated heterocycles. The van der Waals surface area contributed by atoms with Gasteiger partial charge in [-0.2, -0.15) is 0 Å². The Morgan fingerprint density at radius 1 is 1.18 bits per heavy atom. The average molecular weight is 238 g/mol. The SMILES string of the molecule is CCN(CC)CC(C)NCC1CC2CCC1C2. The highest BCUT2D eigenvalue weighted by atomic mass is 15.1. The highest BCUT2D eigenvalue weighted by Crippen LogP contribution is 2.47. The van der Waals surface area contributed by atoms with Crippen LogP contribution in [-0.2, 0) is 0 Å². The van der Waals surface area contributed by atoms with Crippen LogP contribution in [0.2, 0.25) is 0 Å². The van der Waals surface area contributed by atoms with Crippen molar-refractivity contribution < 1.29 is 0 Å². The van der Waals surface area contributed by atoms with E-state index in [9.17, 15) is 0 Å². The fraction of sp³-hybridized carbons (Fsp3) is 1.00. The standard InChI is InChI=1S/C15H30N2/c1-4-17(5-2)11-12(3)16-10-15-9-13-6-7-14(15)8-13/h12-16H,4-11H2,1-3H3. The summed E-state index contributed by atoms with van der Waals surface area (Å²) in [6, 6.07) is 0.647. The molecule has 2 heteroatoms. The Bertz CT molecular complexity index is 225. The van der Waals surface area contributed by atoms with E-state index < -0.39 is 0 Å². The van der Waals surface area contributed by atoms with Crippen LogP contribution in [0.1, 0.15) is 46.5 Å². The Labute approximate surface area is 107 Å². The first-order chi connectivity index (χ1) is 8.22. The van der Waals surface area contributed by atoms with Crippen molar-refractivity contribution in [2.45, 2.75) is 52.5 Å². The predicted octanol–water partition coefficient (Wildman–Crippen LogP) is 2.74. The summed E-state index contributed by atoms with van der Waals surface area (Å²) in [5, 5.41) is 3.77. The first kappa shape index (κ1) is 13.4. The molecule has 2 aliphatic carbocycles. The molecule has 2 rings (SSSR count). The van der Waals surface area contributed by atoms with Gasteiger partial charge in [-0.25, -0.2) is 0 Å². The third-order valence-corrected chi connectivity index (χ3v) is 5.04. The molecule has 0 aromatic carbocycles. The van der Waals surface area contributed by atoms with Crippen LogP contribution < -0.4 is 5.32 Å². The predicted molar refractivity (Wildman–Crippen MR) is 74.2 cm³/mol.